The largest absolute Gasteiger partial charge is 0.506 e. The minimum Gasteiger partial charge on any atom is -0.506 e. The first-order valence-electron chi connectivity index (χ1n) is 5.56. The lowest BCUT2D eigenvalue weighted by Gasteiger charge is -2.06. The highest BCUT2D eigenvalue weighted by Crippen LogP contribution is 2.31. The summed E-state index contributed by atoms with van der Waals surface area (Å²) < 4.78 is 1.02. The molecule has 0 saturated carbocycles. The molecule has 0 bridgehead atoms. The predicted molar refractivity (Wildman–Crippen MR) is 77.4 cm³/mol. The number of nitrogens with one attached hydrogen (secondary N) is 2. The number of aromatic amines is 1. The number of phenols is 1. The average Bonchev–Trinajstić information content (AvgIpc) is 2.75. The normalized spacial score (nSPS) is 10.7. The number of hydrogen-bond acceptors (Lipinski definition) is 2. The lowest BCUT2D eigenvalue weighted by molar-refractivity contribution is 0.478. The maximum Gasteiger partial charge on any atom is 0.139 e. The third-order valence-corrected chi connectivity index (χ3v) is 3.31. The number of para-hydroxylation sites is 2. The molecule has 0 fully saturated rings. The van der Waals surface area contributed by atoms with Crippen molar-refractivity contribution in [3.8, 4) is 5.75 Å². The number of halogens is 1. The second-order valence-electron chi connectivity index (χ2n) is 4.03. The maximum absolute atomic E-state index is 9.75. The Morgan fingerprint density at radius 3 is 2.72 bits per heavy atom. The van der Waals surface area contributed by atoms with Crippen molar-refractivity contribution in [1.29, 1.82) is 0 Å². The number of fused-ring (bicyclic) bond motifs is 1. The number of hydrogen-bond donors (Lipinski definition) is 3. The van der Waals surface area contributed by atoms with Crippen molar-refractivity contribution < 1.29 is 5.11 Å². The van der Waals surface area contributed by atoms with Crippen molar-refractivity contribution in [1.82, 2.24) is 4.98 Å². The summed E-state index contributed by atoms with van der Waals surface area (Å²) in [7, 11) is 0. The lowest BCUT2D eigenvalue weighted by Crippen LogP contribution is -1.88. The Kier molecular flexibility index (Phi) is 2.72. The molecule has 0 saturated heterocycles. The molecule has 0 atom stereocenters. The Hall–Kier alpha value is -1.94. The van der Waals surface area contributed by atoms with Gasteiger partial charge in [-0.15, -0.1) is 0 Å². The fourth-order valence-electron chi connectivity index (χ4n) is 1.92. The van der Waals surface area contributed by atoms with Crippen LogP contribution in [-0.4, -0.2) is 10.1 Å². The summed E-state index contributed by atoms with van der Waals surface area (Å²) in [5.41, 5.74) is 2.68. The summed E-state index contributed by atoms with van der Waals surface area (Å²) >= 11 is 3.46. The van der Waals surface area contributed by atoms with Crippen LogP contribution >= 0.6 is 15.9 Å². The summed E-state index contributed by atoms with van der Waals surface area (Å²) in [6.07, 6.45) is 1.89. The van der Waals surface area contributed by atoms with Crippen LogP contribution in [0.25, 0.3) is 10.9 Å². The van der Waals surface area contributed by atoms with E-state index in [0.717, 1.165) is 21.1 Å². The van der Waals surface area contributed by atoms with E-state index in [1.54, 1.807) is 12.1 Å². The molecule has 3 N–H and O–H groups in total. The SMILES string of the molecule is Oc1ccccc1Nc1c[nH]c2ccc(Br)cc12. The monoisotopic (exact) mass is 302 g/mol. The van der Waals surface area contributed by atoms with E-state index in [9.17, 15) is 5.11 Å². The van der Waals surface area contributed by atoms with Crippen LogP contribution in [0.15, 0.2) is 53.1 Å². The Labute approximate surface area is 113 Å². The molecule has 0 amide bonds. The molecule has 1 heterocycles. The van der Waals surface area contributed by atoms with Gasteiger partial charge < -0.3 is 15.4 Å². The quantitative estimate of drug-likeness (QED) is 0.615. The fraction of sp³-hybridized carbons (Fsp3) is 0. The molecule has 0 aliphatic rings. The fourth-order valence-corrected chi connectivity index (χ4v) is 2.28. The van der Waals surface area contributed by atoms with Crippen molar-refractivity contribution in [2.75, 3.05) is 5.32 Å². The van der Waals surface area contributed by atoms with Gasteiger partial charge in [-0.3, -0.25) is 0 Å². The standard InChI is InChI=1S/C14H11BrN2O/c15-9-5-6-11-10(7-9)13(8-16-11)17-12-3-1-2-4-14(12)18/h1-8,16-18H. The highest BCUT2D eigenvalue weighted by molar-refractivity contribution is 9.10. The van der Waals surface area contributed by atoms with E-state index in [2.05, 4.69) is 26.2 Å². The maximum atomic E-state index is 9.75. The Morgan fingerprint density at radius 1 is 1.06 bits per heavy atom. The van der Waals surface area contributed by atoms with Gasteiger partial charge in [-0.1, -0.05) is 28.1 Å². The topological polar surface area (TPSA) is 48.0 Å². The molecule has 0 unspecified atom stereocenters. The predicted octanol–water partition coefficient (Wildman–Crippen LogP) is 4.38. The van der Waals surface area contributed by atoms with E-state index in [1.165, 1.54) is 0 Å². The first-order chi connectivity index (χ1) is 8.74. The first kappa shape index (κ1) is 11.2. The number of phenolic OH excluding ortho intramolecular Hbond substituents is 1. The first-order valence-corrected chi connectivity index (χ1v) is 6.35. The molecule has 1 aromatic heterocycles. The van der Waals surface area contributed by atoms with Crippen LogP contribution in [0.2, 0.25) is 0 Å². The molecule has 2 aromatic carbocycles. The van der Waals surface area contributed by atoms with E-state index in [-0.39, 0.29) is 5.75 Å². The van der Waals surface area contributed by atoms with Gasteiger partial charge in [0.15, 0.2) is 0 Å². The second-order valence-corrected chi connectivity index (χ2v) is 4.95. The van der Waals surface area contributed by atoms with Crippen LogP contribution in [0.4, 0.5) is 11.4 Å². The van der Waals surface area contributed by atoms with E-state index < -0.39 is 0 Å². The Bertz CT molecular complexity index is 706. The van der Waals surface area contributed by atoms with Crippen molar-refractivity contribution in [2.24, 2.45) is 0 Å². The van der Waals surface area contributed by atoms with E-state index in [4.69, 9.17) is 0 Å². The number of anilines is 2. The smallest absolute Gasteiger partial charge is 0.139 e. The third-order valence-electron chi connectivity index (χ3n) is 2.82. The molecule has 0 aliphatic heterocycles. The third kappa shape index (κ3) is 1.95. The van der Waals surface area contributed by atoms with Crippen LogP contribution in [0.1, 0.15) is 0 Å². The van der Waals surface area contributed by atoms with E-state index in [1.807, 2.05) is 36.5 Å². The van der Waals surface area contributed by atoms with E-state index >= 15 is 0 Å². The van der Waals surface area contributed by atoms with E-state index in [0.29, 0.717) is 5.69 Å². The summed E-state index contributed by atoms with van der Waals surface area (Å²) in [4.78, 5) is 3.19. The van der Waals surface area contributed by atoms with Gasteiger partial charge in [0.1, 0.15) is 5.75 Å². The highest BCUT2D eigenvalue weighted by atomic mass is 79.9. The van der Waals surface area contributed by atoms with Crippen molar-refractivity contribution in [2.45, 2.75) is 0 Å². The summed E-state index contributed by atoms with van der Waals surface area (Å²) in [5, 5.41) is 14.1. The number of benzene rings is 2. The second kappa shape index (κ2) is 4.38. The molecule has 0 spiro atoms. The molecule has 0 radical (unpaired) electrons. The minimum atomic E-state index is 0.238. The zero-order valence-corrected chi connectivity index (χ0v) is 11.0. The number of aromatic nitrogens is 1. The molecule has 4 heteroatoms. The number of rotatable bonds is 2. The number of H-pyrrole nitrogens is 1. The molecule has 18 heavy (non-hydrogen) atoms. The van der Waals surface area contributed by atoms with Gasteiger partial charge in [0.25, 0.3) is 0 Å². The minimum absolute atomic E-state index is 0.238. The zero-order chi connectivity index (χ0) is 12.5. The molecule has 3 nitrogen and oxygen atoms in total. The van der Waals surface area contributed by atoms with Gasteiger partial charge in [-0.05, 0) is 30.3 Å². The van der Waals surface area contributed by atoms with Crippen molar-refractivity contribution in [3.05, 3.63) is 53.1 Å². The highest BCUT2D eigenvalue weighted by Gasteiger charge is 2.06. The number of aromatic hydroxyl groups is 1. The molecule has 0 aliphatic carbocycles. The average molecular weight is 303 g/mol. The molecule has 90 valence electrons. The molecular weight excluding hydrogens is 292 g/mol. The van der Waals surface area contributed by atoms with Crippen LogP contribution in [-0.2, 0) is 0 Å². The summed E-state index contributed by atoms with van der Waals surface area (Å²) in [6.45, 7) is 0. The Balaban J connectivity index is 2.05. The van der Waals surface area contributed by atoms with Crippen LogP contribution in [0, 0.1) is 0 Å². The van der Waals surface area contributed by atoms with Crippen LogP contribution < -0.4 is 5.32 Å². The zero-order valence-electron chi connectivity index (χ0n) is 9.44. The van der Waals surface area contributed by atoms with Crippen LogP contribution in [0.5, 0.6) is 5.75 Å². The molecule has 3 aromatic rings. The summed E-state index contributed by atoms with van der Waals surface area (Å²) in [6, 6.07) is 13.2. The van der Waals surface area contributed by atoms with Gasteiger partial charge in [-0.2, -0.15) is 0 Å². The molecule has 3 rings (SSSR count). The van der Waals surface area contributed by atoms with Gasteiger partial charge >= 0.3 is 0 Å². The Morgan fingerprint density at radius 2 is 1.89 bits per heavy atom. The van der Waals surface area contributed by atoms with Gasteiger partial charge in [0, 0.05) is 21.6 Å². The van der Waals surface area contributed by atoms with Crippen LogP contribution in [0.3, 0.4) is 0 Å². The van der Waals surface area contributed by atoms with Gasteiger partial charge in [0.2, 0.25) is 0 Å². The van der Waals surface area contributed by atoms with Gasteiger partial charge in [-0.25, -0.2) is 0 Å². The lowest BCUT2D eigenvalue weighted by atomic mass is 10.2. The summed E-state index contributed by atoms with van der Waals surface area (Å²) in [5.74, 6) is 0.238. The van der Waals surface area contributed by atoms with Crippen molar-refractivity contribution in [3.63, 3.8) is 0 Å². The molecular formula is C14H11BrN2O. The van der Waals surface area contributed by atoms with Crippen molar-refractivity contribution >= 4 is 38.2 Å². The van der Waals surface area contributed by atoms with Gasteiger partial charge in [0.05, 0.1) is 11.4 Å².